The molecule has 2 aromatic carbocycles. The van der Waals surface area contributed by atoms with Crippen LogP contribution in [-0.2, 0) is 5.75 Å². The zero-order valence-electron chi connectivity index (χ0n) is 15.3. The Morgan fingerprint density at radius 1 is 1.07 bits per heavy atom. The summed E-state index contributed by atoms with van der Waals surface area (Å²) in [7, 11) is 0. The lowest BCUT2D eigenvalue weighted by atomic mass is 10.2. The van der Waals surface area contributed by atoms with Crippen molar-refractivity contribution in [3.8, 4) is 11.8 Å². The van der Waals surface area contributed by atoms with Crippen LogP contribution in [0.1, 0.15) is 29.5 Å². The molecule has 3 aromatic rings. The molecule has 1 aliphatic heterocycles. The van der Waals surface area contributed by atoms with Crippen LogP contribution in [0.3, 0.4) is 0 Å². The molecule has 0 spiro atoms. The minimum atomic E-state index is 0.686. The molecule has 1 saturated heterocycles. The molecule has 0 amide bonds. The normalized spacial score (nSPS) is 13.7. The monoisotopic (exact) mass is 375 g/mol. The van der Waals surface area contributed by atoms with Gasteiger partial charge in [0, 0.05) is 18.8 Å². The number of rotatable bonds is 5. The number of hydrogen-bond acceptors (Lipinski definition) is 5. The van der Waals surface area contributed by atoms with Gasteiger partial charge < -0.3 is 4.90 Å². The zero-order chi connectivity index (χ0) is 18.6. The molecule has 6 heteroatoms. The fourth-order valence-electron chi connectivity index (χ4n) is 3.28. The number of aryl methyl sites for hydroxylation is 1. The van der Waals surface area contributed by atoms with E-state index in [1.165, 1.54) is 18.4 Å². The summed E-state index contributed by atoms with van der Waals surface area (Å²) in [6.07, 6.45) is 2.40. The topological polar surface area (TPSA) is 57.7 Å². The van der Waals surface area contributed by atoms with E-state index in [1.54, 1.807) is 11.8 Å². The Hall–Kier alpha value is -2.78. The first-order valence-electron chi connectivity index (χ1n) is 9.14. The lowest BCUT2D eigenvalue weighted by molar-refractivity contribution is 0.841. The van der Waals surface area contributed by atoms with Crippen molar-refractivity contribution in [1.29, 1.82) is 5.26 Å². The van der Waals surface area contributed by atoms with Crippen molar-refractivity contribution < 1.29 is 0 Å². The van der Waals surface area contributed by atoms with Crippen LogP contribution in [0.15, 0.2) is 53.7 Å². The van der Waals surface area contributed by atoms with Crippen LogP contribution >= 0.6 is 11.8 Å². The molecule has 0 N–H and O–H groups in total. The molecule has 0 unspecified atom stereocenters. The Balaban J connectivity index is 1.65. The summed E-state index contributed by atoms with van der Waals surface area (Å²) in [6, 6.07) is 18.4. The highest BCUT2D eigenvalue weighted by Gasteiger charge is 2.22. The fraction of sp³-hybridized carbons (Fsp3) is 0.286. The van der Waals surface area contributed by atoms with Gasteiger partial charge in [0.1, 0.15) is 0 Å². The van der Waals surface area contributed by atoms with E-state index in [4.69, 9.17) is 5.26 Å². The zero-order valence-corrected chi connectivity index (χ0v) is 16.1. The van der Waals surface area contributed by atoms with Gasteiger partial charge in [-0.1, -0.05) is 41.6 Å². The number of nitrogens with zero attached hydrogens (tertiary/aromatic N) is 5. The second-order valence-electron chi connectivity index (χ2n) is 6.75. The maximum atomic E-state index is 9.10. The van der Waals surface area contributed by atoms with Crippen LogP contribution in [0, 0.1) is 18.3 Å². The third kappa shape index (κ3) is 3.83. The lowest BCUT2D eigenvalue weighted by Crippen LogP contribution is -2.22. The summed E-state index contributed by atoms with van der Waals surface area (Å²) in [5.74, 6) is 1.67. The predicted molar refractivity (Wildman–Crippen MR) is 108 cm³/mol. The van der Waals surface area contributed by atoms with Gasteiger partial charge in [-0.05, 0) is 49.6 Å². The second-order valence-corrected chi connectivity index (χ2v) is 7.69. The quantitative estimate of drug-likeness (QED) is 0.621. The van der Waals surface area contributed by atoms with E-state index in [0.717, 1.165) is 41.2 Å². The lowest BCUT2D eigenvalue weighted by Gasteiger charge is -2.18. The van der Waals surface area contributed by atoms with E-state index < -0.39 is 0 Å². The number of hydrogen-bond donors (Lipinski definition) is 0. The molecule has 2 heterocycles. The van der Waals surface area contributed by atoms with Gasteiger partial charge in [0.2, 0.25) is 5.95 Å². The summed E-state index contributed by atoms with van der Waals surface area (Å²) < 4.78 is 2.16. The number of thioether (sulfide) groups is 1. The summed E-state index contributed by atoms with van der Waals surface area (Å²) >= 11 is 1.65. The first-order valence-corrected chi connectivity index (χ1v) is 10.1. The van der Waals surface area contributed by atoms with E-state index in [1.807, 2.05) is 24.3 Å². The first kappa shape index (κ1) is 17.6. The van der Waals surface area contributed by atoms with Crippen LogP contribution in [-0.4, -0.2) is 27.9 Å². The van der Waals surface area contributed by atoms with Gasteiger partial charge >= 0.3 is 0 Å². The molecule has 5 nitrogen and oxygen atoms in total. The molecule has 136 valence electrons. The van der Waals surface area contributed by atoms with Crippen LogP contribution in [0.25, 0.3) is 5.69 Å². The predicted octanol–water partition coefficient (Wildman–Crippen LogP) is 4.34. The van der Waals surface area contributed by atoms with Crippen molar-refractivity contribution in [3.05, 3.63) is 65.2 Å². The van der Waals surface area contributed by atoms with Gasteiger partial charge in [0.15, 0.2) is 5.16 Å². The summed E-state index contributed by atoms with van der Waals surface area (Å²) in [5, 5.41) is 19.0. The molecule has 0 radical (unpaired) electrons. The molecule has 1 aromatic heterocycles. The van der Waals surface area contributed by atoms with Gasteiger partial charge in [0.05, 0.1) is 17.3 Å². The highest BCUT2D eigenvalue weighted by molar-refractivity contribution is 7.98. The second kappa shape index (κ2) is 7.85. The fourth-order valence-corrected chi connectivity index (χ4v) is 4.17. The van der Waals surface area contributed by atoms with E-state index in [0.29, 0.717) is 5.56 Å². The maximum Gasteiger partial charge on any atom is 0.232 e. The smallest absolute Gasteiger partial charge is 0.232 e. The average molecular weight is 376 g/mol. The number of benzene rings is 2. The summed E-state index contributed by atoms with van der Waals surface area (Å²) in [4.78, 5) is 2.31. The summed E-state index contributed by atoms with van der Waals surface area (Å²) in [6.45, 7) is 4.15. The van der Waals surface area contributed by atoms with Crippen molar-refractivity contribution in [2.45, 2.75) is 30.7 Å². The van der Waals surface area contributed by atoms with Crippen LogP contribution in [0.5, 0.6) is 0 Å². The van der Waals surface area contributed by atoms with Crippen molar-refractivity contribution in [2.75, 3.05) is 18.0 Å². The summed E-state index contributed by atoms with van der Waals surface area (Å²) in [5.41, 5.74) is 4.11. The number of anilines is 1. The highest BCUT2D eigenvalue weighted by Crippen LogP contribution is 2.30. The minimum Gasteiger partial charge on any atom is -0.341 e. The third-order valence-corrected chi connectivity index (χ3v) is 5.72. The van der Waals surface area contributed by atoms with Crippen molar-refractivity contribution in [2.24, 2.45) is 0 Å². The largest absolute Gasteiger partial charge is 0.341 e. The molecular weight excluding hydrogens is 354 g/mol. The number of nitriles is 1. The van der Waals surface area contributed by atoms with Crippen molar-refractivity contribution in [1.82, 2.24) is 14.8 Å². The van der Waals surface area contributed by atoms with Gasteiger partial charge in [0.25, 0.3) is 0 Å². The standard InChI is InChI=1S/C21H21N5S/c1-16-7-9-19(10-8-16)26-20(25-11-2-3-12-25)23-24-21(26)27-15-18-6-4-5-17(13-18)14-22/h4-10,13H,2-3,11-12,15H2,1H3. The third-order valence-electron chi connectivity index (χ3n) is 4.72. The highest BCUT2D eigenvalue weighted by atomic mass is 32.2. The van der Waals surface area contributed by atoms with Gasteiger partial charge in [-0.25, -0.2) is 0 Å². The van der Waals surface area contributed by atoms with Gasteiger partial charge in [-0.15, -0.1) is 10.2 Å². The Labute approximate surface area is 163 Å². The first-order chi connectivity index (χ1) is 13.2. The Bertz CT molecular complexity index is 965. The molecule has 0 atom stereocenters. The van der Waals surface area contributed by atoms with Gasteiger partial charge in [-0.2, -0.15) is 5.26 Å². The van der Waals surface area contributed by atoms with Crippen LogP contribution in [0.2, 0.25) is 0 Å². The molecule has 0 bridgehead atoms. The molecule has 4 rings (SSSR count). The van der Waals surface area contributed by atoms with Crippen molar-refractivity contribution >= 4 is 17.7 Å². The van der Waals surface area contributed by atoms with Crippen LogP contribution in [0.4, 0.5) is 5.95 Å². The maximum absolute atomic E-state index is 9.10. The number of aromatic nitrogens is 3. The van der Waals surface area contributed by atoms with E-state index in [9.17, 15) is 0 Å². The van der Waals surface area contributed by atoms with E-state index in [-0.39, 0.29) is 0 Å². The van der Waals surface area contributed by atoms with Crippen molar-refractivity contribution in [3.63, 3.8) is 0 Å². The Morgan fingerprint density at radius 2 is 1.85 bits per heavy atom. The molecule has 0 saturated carbocycles. The molecular formula is C21H21N5S. The minimum absolute atomic E-state index is 0.686. The van der Waals surface area contributed by atoms with E-state index >= 15 is 0 Å². The molecule has 27 heavy (non-hydrogen) atoms. The average Bonchev–Trinajstić information content (AvgIpc) is 3.37. The van der Waals surface area contributed by atoms with Gasteiger partial charge in [-0.3, -0.25) is 4.57 Å². The van der Waals surface area contributed by atoms with E-state index in [2.05, 4.69) is 56.9 Å². The molecule has 1 fully saturated rings. The molecule has 1 aliphatic rings. The SMILES string of the molecule is Cc1ccc(-n2c(SCc3cccc(C#N)c3)nnc2N2CCCC2)cc1. The Morgan fingerprint density at radius 3 is 2.59 bits per heavy atom. The van der Waals surface area contributed by atoms with Crippen LogP contribution < -0.4 is 4.90 Å². The molecule has 0 aliphatic carbocycles. The Kier molecular flexibility index (Phi) is 5.12.